The number of fused-ring (bicyclic) bond motifs is 2. The van der Waals surface area contributed by atoms with Gasteiger partial charge in [0.25, 0.3) is 5.56 Å². The molecule has 7 heteroatoms. The number of hydrogen-bond donors (Lipinski definition) is 0. The second kappa shape index (κ2) is 8.05. The van der Waals surface area contributed by atoms with Crippen LogP contribution in [0.1, 0.15) is 24.5 Å². The van der Waals surface area contributed by atoms with E-state index in [2.05, 4.69) is 4.98 Å². The Bertz CT molecular complexity index is 1340. The number of rotatable bonds is 5. The summed E-state index contributed by atoms with van der Waals surface area (Å²) in [4.78, 5) is 29.7. The normalized spacial score (nSPS) is 11.4. The summed E-state index contributed by atoms with van der Waals surface area (Å²) in [6, 6.07) is 12.4. The first-order valence-corrected chi connectivity index (χ1v) is 10.7. The molecule has 0 radical (unpaired) electrons. The van der Waals surface area contributed by atoms with Gasteiger partial charge in [-0.25, -0.2) is 9.78 Å². The fourth-order valence-corrected chi connectivity index (χ4v) is 4.49. The summed E-state index contributed by atoms with van der Waals surface area (Å²) in [5.74, 6) is 0.493. The first-order chi connectivity index (χ1) is 14.0. The van der Waals surface area contributed by atoms with Gasteiger partial charge in [-0.15, -0.1) is 0 Å². The predicted molar refractivity (Wildman–Crippen MR) is 118 cm³/mol. The van der Waals surface area contributed by atoms with Gasteiger partial charge in [0, 0.05) is 28.8 Å². The van der Waals surface area contributed by atoms with Crippen molar-refractivity contribution in [3.05, 3.63) is 79.4 Å². The molecule has 0 N–H and O–H groups in total. The second-order valence-corrected chi connectivity index (χ2v) is 8.27. The van der Waals surface area contributed by atoms with Gasteiger partial charge >= 0.3 is 5.63 Å². The Morgan fingerprint density at radius 1 is 1.10 bits per heavy atom. The summed E-state index contributed by atoms with van der Waals surface area (Å²) in [5.41, 5.74) is 2.55. The molecule has 0 saturated carbocycles. The van der Waals surface area contributed by atoms with E-state index >= 15 is 0 Å². The Labute approximate surface area is 176 Å². The molecule has 148 valence electrons. The molecule has 4 rings (SSSR count). The van der Waals surface area contributed by atoms with Crippen molar-refractivity contribution in [3.8, 4) is 0 Å². The molecule has 2 aromatic heterocycles. The lowest BCUT2D eigenvalue weighted by Gasteiger charge is -2.13. The van der Waals surface area contributed by atoms with Crippen molar-refractivity contribution in [1.82, 2.24) is 9.55 Å². The van der Waals surface area contributed by atoms with Crippen LogP contribution >= 0.6 is 23.4 Å². The van der Waals surface area contributed by atoms with Crippen LogP contribution in [0.2, 0.25) is 5.02 Å². The number of thioether (sulfide) groups is 1. The molecule has 29 heavy (non-hydrogen) atoms. The monoisotopic (exact) mass is 426 g/mol. The van der Waals surface area contributed by atoms with Crippen LogP contribution in [-0.2, 0) is 12.3 Å². The van der Waals surface area contributed by atoms with Crippen LogP contribution in [0.15, 0.2) is 61.6 Å². The minimum absolute atomic E-state index is 0.0796. The van der Waals surface area contributed by atoms with E-state index in [1.165, 1.54) is 17.8 Å². The Morgan fingerprint density at radius 2 is 1.90 bits per heavy atom. The molecule has 4 aromatic rings. The highest BCUT2D eigenvalue weighted by molar-refractivity contribution is 7.98. The van der Waals surface area contributed by atoms with E-state index in [-0.39, 0.29) is 11.2 Å². The zero-order valence-corrected chi connectivity index (χ0v) is 17.6. The third-order valence-electron chi connectivity index (χ3n) is 4.67. The van der Waals surface area contributed by atoms with Gasteiger partial charge in [0.1, 0.15) is 5.58 Å². The van der Waals surface area contributed by atoms with Gasteiger partial charge in [0.15, 0.2) is 5.16 Å². The van der Waals surface area contributed by atoms with Gasteiger partial charge in [0.2, 0.25) is 0 Å². The molecule has 0 bridgehead atoms. The quantitative estimate of drug-likeness (QED) is 0.250. The molecule has 0 saturated heterocycles. The highest BCUT2D eigenvalue weighted by Crippen LogP contribution is 2.27. The van der Waals surface area contributed by atoms with Gasteiger partial charge in [-0.1, -0.05) is 42.4 Å². The number of benzene rings is 2. The number of hydrogen-bond acceptors (Lipinski definition) is 5. The fraction of sp³-hybridized carbons (Fsp3) is 0.227. The Hall–Kier alpha value is -2.57. The van der Waals surface area contributed by atoms with Crippen LogP contribution in [0.25, 0.3) is 21.9 Å². The SMILES string of the molecule is CCCn1c(SCc2cc(=O)oc3cc(C)ccc23)nc2cc(Cl)ccc2c1=O. The standard InChI is InChI=1S/C22H19ClN2O3S/c1-3-8-25-21(27)17-7-5-15(23)11-18(17)24-22(25)29-12-14-10-20(26)28-19-9-13(2)4-6-16(14)19/h4-7,9-11H,3,8,12H2,1-2H3. The number of halogens is 1. The molecule has 0 unspecified atom stereocenters. The van der Waals surface area contributed by atoms with Crippen molar-refractivity contribution in [2.75, 3.05) is 0 Å². The average Bonchev–Trinajstić information content (AvgIpc) is 2.68. The number of nitrogens with zero attached hydrogens (tertiary/aromatic N) is 2. The largest absolute Gasteiger partial charge is 0.423 e. The van der Waals surface area contributed by atoms with E-state index in [9.17, 15) is 9.59 Å². The highest BCUT2D eigenvalue weighted by Gasteiger charge is 2.13. The number of aryl methyl sites for hydroxylation is 1. The lowest BCUT2D eigenvalue weighted by atomic mass is 10.1. The van der Waals surface area contributed by atoms with Gasteiger partial charge < -0.3 is 4.42 Å². The third kappa shape index (κ3) is 3.95. The molecule has 2 heterocycles. The topological polar surface area (TPSA) is 65.1 Å². The van der Waals surface area contributed by atoms with E-state index < -0.39 is 0 Å². The van der Waals surface area contributed by atoms with Crippen molar-refractivity contribution in [3.63, 3.8) is 0 Å². The van der Waals surface area contributed by atoms with Crippen molar-refractivity contribution < 1.29 is 4.42 Å². The van der Waals surface area contributed by atoms with Crippen molar-refractivity contribution in [2.24, 2.45) is 0 Å². The fourth-order valence-electron chi connectivity index (χ4n) is 3.30. The maximum absolute atomic E-state index is 13.0. The van der Waals surface area contributed by atoms with Crippen molar-refractivity contribution in [1.29, 1.82) is 0 Å². The summed E-state index contributed by atoms with van der Waals surface area (Å²) in [6.07, 6.45) is 0.811. The van der Waals surface area contributed by atoms with E-state index in [1.54, 1.807) is 22.8 Å². The van der Waals surface area contributed by atoms with Crippen LogP contribution in [0.3, 0.4) is 0 Å². The summed E-state index contributed by atoms with van der Waals surface area (Å²) in [6.45, 7) is 4.54. The van der Waals surface area contributed by atoms with Gasteiger partial charge in [-0.05, 0) is 48.7 Å². The maximum Gasteiger partial charge on any atom is 0.336 e. The van der Waals surface area contributed by atoms with E-state index in [0.717, 1.165) is 22.9 Å². The zero-order valence-electron chi connectivity index (χ0n) is 16.1. The van der Waals surface area contributed by atoms with Crippen LogP contribution < -0.4 is 11.2 Å². The molecule has 0 aliphatic carbocycles. The van der Waals surface area contributed by atoms with Gasteiger partial charge in [0.05, 0.1) is 10.9 Å². The molecule has 5 nitrogen and oxygen atoms in total. The lowest BCUT2D eigenvalue weighted by Crippen LogP contribution is -2.23. The molecule has 0 aliphatic heterocycles. The minimum Gasteiger partial charge on any atom is -0.423 e. The van der Waals surface area contributed by atoms with E-state index in [0.29, 0.717) is 39.0 Å². The minimum atomic E-state index is -0.386. The summed E-state index contributed by atoms with van der Waals surface area (Å²) in [7, 11) is 0. The van der Waals surface area contributed by atoms with E-state index in [1.807, 2.05) is 32.0 Å². The number of aromatic nitrogens is 2. The predicted octanol–water partition coefficient (Wildman–Crippen LogP) is 5.17. The zero-order chi connectivity index (χ0) is 20.5. The Balaban J connectivity index is 1.78. The summed E-state index contributed by atoms with van der Waals surface area (Å²) < 4.78 is 7.03. The highest BCUT2D eigenvalue weighted by atomic mass is 35.5. The summed E-state index contributed by atoms with van der Waals surface area (Å²) >= 11 is 7.52. The lowest BCUT2D eigenvalue weighted by molar-refractivity contribution is 0.559. The second-order valence-electron chi connectivity index (χ2n) is 6.89. The molecule has 0 fully saturated rings. The first-order valence-electron chi connectivity index (χ1n) is 9.32. The molecular formula is C22H19ClN2O3S. The van der Waals surface area contributed by atoms with Crippen LogP contribution in [-0.4, -0.2) is 9.55 Å². The van der Waals surface area contributed by atoms with E-state index in [4.69, 9.17) is 16.0 Å². The Morgan fingerprint density at radius 3 is 2.69 bits per heavy atom. The third-order valence-corrected chi connectivity index (χ3v) is 5.93. The van der Waals surface area contributed by atoms with Gasteiger partial charge in [-0.2, -0.15) is 0 Å². The molecule has 0 spiro atoms. The molecule has 2 aromatic carbocycles. The van der Waals surface area contributed by atoms with Crippen LogP contribution in [0.4, 0.5) is 0 Å². The summed E-state index contributed by atoms with van der Waals surface area (Å²) in [5, 5.41) is 2.58. The smallest absolute Gasteiger partial charge is 0.336 e. The first kappa shape index (κ1) is 19.7. The average molecular weight is 427 g/mol. The Kier molecular flexibility index (Phi) is 5.48. The van der Waals surface area contributed by atoms with Crippen molar-refractivity contribution in [2.45, 2.75) is 37.7 Å². The van der Waals surface area contributed by atoms with Crippen LogP contribution in [0.5, 0.6) is 0 Å². The molecule has 0 atom stereocenters. The van der Waals surface area contributed by atoms with Crippen LogP contribution in [0, 0.1) is 6.92 Å². The molecule has 0 aliphatic rings. The molecular weight excluding hydrogens is 408 g/mol. The molecule has 0 amide bonds. The maximum atomic E-state index is 13.0. The van der Waals surface area contributed by atoms with Gasteiger partial charge in [-0.3, -0.25) is 9.36 Å². The van der Waals surface area contributed by atoms with Crippen molar-refractivity contribution >= 4 is 45.2 Å².